The maximum atomic E-state index is 12.8. The Balaban J connectivity index is 1.52. The predicted octanol–water partition coefficient (Wildman–Crippen LogP) is 3.72. The van der Waals surface area contributed by atoms with Crippen molar-refractivity contribution in [1.82, 2.24) is 14.8 Å². The van der Waals surface area contributed by atoms with Gasteiger partial charge < -0.3 is 4.90 Å². The topological polar surface area (TPSA) is 36.4 Å². The molecule has 0 spiro atoms. The number of amides is 1. The van der Waals surface area contributed by atoms with E-state index in [9.17, 15) is 4.79 Å². The molecular weight excluding hydrogens is 318 g/mol. The van der Waals surface area contributed by atoms with E-state index in [-0.39, 0.29) is 11.9 Å². The highest BCUT2D eigenvalue weighted by molar-refractivity contribution is 7.08. The zero-order chi connectivity index (χ0) is 16.4. The van der Waals surface area contributed by atoms with E-state index in [1.54, 1.807) is 11.3 Å². The molecule has 0 N–H and O–H groups in total. The number of pyridine rings is 1. The molecule has 1 amide bonds. The zero-order valence-electron chi connectivity index (χ0n) is 13.9. The minimum Gasteiger partial charge on any atom is -0.330 e. The van der Waals surface area contributed by atoms with Gasteiger partial charge in [-0.1, -0.05) is 6.07 Å². The van der Waals surface area contributed by atoms with E-state index in [1.807, 2.05) is 21.7 Å². The second-order valence-corrected chi connectivity index (χ2v) is 7.49. The van der Waals surface area contributed by atoms with Crippen LogP contribution in [-0.4, -0.2) is 40.3 Å². The molecule has 2 aromatic heterocycles. The Morgan fingerprint density at radius 1 is 1.17 bits per heavy atom. The van der Waals surface area contributed by atoms with Crippen molar-refractivity contribution in [3.63, 3.8) is 0 Å². The fourth-order valence-corrected chi connectivity index (χ4v) is 4.44. The van der Waals surface area contributed by atoms with Crippen LogP contribution in [0.1, 0.15) is 53.5 Å². The first-order valence-corrected chi connectivity index (χ1v) is 9.77. The molecule has 126 valence electrons. The van der Waals surface area contributed by atoms with Crippen molar-refractivity contribution < 1.29 is 4.79 Å². The minimum absolute atomic E-state index is 0.121. The van der Waals surface area contributed by atoms with Gasteiger partial charge in [0, 0.05) is 18.5 Å². The first kappa shape index (κ1) is 15.8. The fraction of sp³-hybridized carbons (Fsp3) is 0.474. The van der Waals surface area contributed by atoms with Crippen LogP contribution in [0.5, 0.6) is 0 Å². The molecule has 4 nitrogen and oxygen atoms in total. The second-order valence-electron chi connectivity index (χ2n) is 6.71. The average Bonchev–Trinajstić information content (AvgIpc) is 3.36. The fourth-order valence-electron chi connectivity index (χ4n) is 3.81. The number of nitrogens with zero attached hydrogens (tertiary/aromatic N) is 3. The Bertz CT molecular complexity index is 694. The number of hydrogen-bond donors (Lipinski definition) is 0. The third kappa shape index (κ3) is 3.23. The summed E-state index contributed by atoms with van der Waals surface area (Å²) in [6, 6.07) is 8.33. The standard InChI is InChI=1S/C19H23N3OS/c23-19(15-8-12-24-14-15)22-11-4-7-18(22)17-6-3-5-16(20-17)13-21-9-1-2-10-21/h3,5-6,8,12,14,18H,1-2,4,7,9-11,13H2. The van der Waals surface area contributed by atoms with Gasteiger partial charge in [-0.25, -0.2) is 0 Å². The maximum Gasteiger partial charge on any atom is 0.255 e. The van der Waals surface area contributed by atoms with Crippen LogP contribution in [0.25, 0.3) is 0 Å². The Kier molecular flexibility index (Phi) is 4.63. The molecule has 1 unspecified atom stereocenters. The van der Waals surface area contributed by atoms with E-state index in [2.05, 4.69) is 23.1 Å². The molecule has 2 aliphatic heterocycles. The summed E-state index contributed by atoms with van der Waals surface area (Å²) < 4.78 is 0. The molecular formula is C19H23N3OS. The highest BCUT2D eigenvalue weighted by Crippen LogP contribution is 2.32. The van der Waals surface area contributed by atoms with E-state index in [4.69, 9.17) is 4.98 Å². The molecule has 0 radical (unpaired) electrons. The first-order valence-electron chi connectivity index (χ1n) is 8.82. The zero-order valence-corrected chi connectivity index (χ0v) is 14.7. The summed E-state index contributed by atoms with van der Waals surface area (Å²) in [5.41, 5.74) is 2.98. The summed E-state index contributed by atoms with van der Waals surface area (Å²) in [7, 11) is 0. The smallest absolute Gasteiger partial charge is 0.255 e. The molecule has 0 saturated carbocycles. The Morgan fingerprint density at radius 2 is 2.04 bits per heavy atom. The van der Waals surface area contributed by atoms with Crippen molar-refractivity contribution in [1.29, 1.82) is 0 Å². The third-order valence-electron chi connectivity index (χ3n) is 5.04. The van der Waals surface area contributed by atoms with E-state index in [1.165, 1.54) is 25.9 Å². The van der Waals surface area contributed by atoms with Crippen molar-refractivity contribution >= 4 is 17.2 Å². The average molecular weight is 341 g/mol. The first-order chi connectivity index (χ1) is 11.8. The summed E-state index contributed by atoms with van der Waals surface area (Å²) in [6.45, 7) is 4.12. The molecule has 4 rings (SSSR count). The number of likely N-dealkylation sites (tertiary alicyclic amines) is 2. The highest BCUT2D eigenvalue weighted by Gasteiger charge is 2.31. The van der Waals surface area contributed by atoms with Gasteiger partial charge in [0.2, 0.25) is 0 Å². The molecule has 2 fully saturated rings. The maximum absolute atomic E-state index is 12.8. The highest BCUT2D eigenvalue weighted by atomic mass is 32.1. The van der Waals surface area contributed by atoms with Gasteiger partial charge >= 0.3 is 0 Å². The van der Waals surface area contributed by atoms with Crippen LogP contribution in [0.15, 0.2) is 35.0 Å². The molecule has 0 aromatic carbocycles. The van der Waals surface area contributed by atoms with Crippen LogP contribution in [-0.2, 0) is 6.54 Å². The number of carbonyl (C=O) groups excluding carboxylic acids is 1. The largest absolute Gasteiger partial charge is 0.330 e. The normalized spacial score (nSPS) is 21.5. The van der Waals surface area contributed by atoms with Crippen LogP contribution < -0.4 is 0 Å². The number of rotatable bonds is 4. The van der Waals surface area contributed by atoms with Gasteiger partial charge in [-0.05, 0) is 62.4 Å². The van der Waals surface area contributed by atoms with E-state index >= 15 is 0 Å². The summed E-state index contributed by atoms with van der Waals surface area (Å²) in [4.78, 5) is 22.1. The van der Waals surface area contributed by atoms with Gasteiger partial charge in [-0.2, -0.15) is 11.3 Å². The van der Waals surface area contributed by atoms with Crippen molar-refractivity contribution in [2.45, 2.75) is 38.3 Å². The number of carbonyl (C=O) groups is 1. The van der Waals surface area contributed by atoms with Crippen LogP contribution in [0.3, 0.4) is 0 Å². The summed E-state index contributed by atoms with van der Waals surface area (Å²) >= 11 is 1.58. The summed E-state index contributed by atoms with van der Waals surface area (Å²) in [5, 5.41) is 3.90. The SMILES string of the molecule is O=C(c1ccsc1)N1CCCC1c1cccc(CN2CCCC2)n1. The van der Waals surface area contributed by atoms with Gasteiger partial charge in [-0.15, -0.1) is 0 Å². The molecule has 24 heavy (non-hydrogen) atoms. The van der Waals surface area contributed by atoms with E-state index in [0.29, 0.717) is 0 Å². The van der Waals surface area contributed by atoms with Crippen molar-refractivity contribution in [2.24, 2.45) is 0 Å². The molecule has 4 heterocycles. The lowest BCUT2D eigenvalue weighted by Crippen LogP contribution is -2.31. The monoisotopic (exact) mass is 341 g/mol. The lowest BCUT2D eigenvalue weighted by Gasteiger charge is -2.24. The van der Waals surface area contributed by atoms with Crippen LogP contribution in [0.2, 0.25) is 0 Å². The van der Waals surface area contributed by atoms with Crippen molar-refractivity contribution in [3.8, 4) is 0 Å². The Hall–Kier alpha value is -1.72. The van der Waals surface area contributed by atoms with Gasteiger partial charge in [0.25, 0.3) is 5.91 Å². The van der Waals surface area contributed by atoms with Gasteiger partial charge in [0.15, 0.2) is 0 Å². The molecule has 2 saturated heterocycles. The summed E-state index contributed by atoms with van der Waals surface area (Å²) in [5.74, 6) is 0.144. The van der Waals surface area contributed by atoms with Crippen LogP contribution in [0, 0.1) is 0 Å². The van der Waals surface area contributed by atoms with E-state index < -0.39 is 0 Å². The minimum atomic E-state index is 0.121. The number of hydrogen-bond acceptors (Lipinski definition) is 4. The van der Waals surface area contributed by atoms with Crippen molar-refractivity contribution in [3.05, 3.63) is 52.0 Å². The Morgan fingerprint density at radius 3 is 2.83 bits per heavy atom. The summed E-state index contributed by atoms with van der Waals surface area (Å²) in [6.07, 6.45) is 4.66. The van der Waals surface area contributed by atoms with Gasteiger partial charge in [0.05, 0.1) is 23.0 Å². The lowest BCUT2D eigenvalue weighted by atomic mass is 10.1. The lowest BCUT2D eigenvalue weighted by molar-refractivity contribution is 0.0733. The van der Waals surface area contributed by atoms with Crippen LogP contribution >= 0.6 is 11.3 Å². The van der Waals surface area contributed by atoms with Crippen molar-refractivity contribution in [2.75, 3.05) is 19.6 Å². The quantitative estimate of drug-likeness (QED) is 0.850. The molecule has 0 bridgehead atoms. The van der Waals surface area contributed by atoms with E-state index in [0.717, 1.165) is 42.9 Å². The molecule has 2 aliphatic rings. The van der Waals surface area contributed by atoms with Gasteiger partial charge in [0.1, 0.15) is 0 Å². The molecule has 5 heteroatoms. The Labute approximate surface area is 147 Å². The molecule has 1 atom stereocenters. The number of thiophene rings is 1. The third-order valence-corrected chi connectivity index (χ3v) is 5.72. The van der Waals surface area contributed by atoms with Gasteiger partial charge in [-0.3, -0.25) is 14.7 Å². The molecule has 2 aromatic rings. The van der Waals surface area contributed by atoms with Crippen LogP contribution in [0.4, 0.5) is 0 Å². The predicted molar refractivity (Wildman–Crippen MR) is 96.1 cm³/mol. The second kappa shape index (κ2) is 7.03. The molecule has 0 aliphatic carbocycles. The number of aromatic nitrogens is 1.